The predicted molar refractivity (Wildman–Crippen MR) is 59.7 cm³/mol. The van der Waals surface area contributed by atoms with E-state index in [9.17, 15) is 9.59 Å². The van der Waals surface area contributed by atoms with Crippen LogP contribution in [-0.4, -0.2) is 18.4 Å². The Kier molecular flexibility index (Phi) is 4.24. The molecule has 0 amide bonds. The first-order valence-corrected chi connectivity index (χ1v) is 5.40. The second-order valence-electron chi connectivity index (χ2n) is 2.87. The van der Waals surface area contributed by atoms with Crippen LogP contribution in [-0.2, 0) is 14.3 Å². The van der Waals surface area contributed by atoms with Crippen molar-refractivity contribution in [2.24, 2.45) is 0 Å². The molecule has 15 heavy (non-hydrogen) atoms. The van der Waals surface area contributed by atoms with E-state index in [1.165, 1.54) is 11.0 Å². The minimum absolute atomic E-state index is 0.219. The highest BCUT2D eigenvalue weighted by atomic mass is 32.1. The third-order valence-electron chi connectivity index (χ3n) is 1.64. The van der Waals surface area contributed by atoms with Gasteiger partial charge in [-0.15, -0.1) is 11.3 Å². The zero-order valence-electron chi connectivity index (χ0n) is 8.65. The largest absolute Gasteiger partial charge is 0.460 e. The maximum atomic E-state index is 11.2. The molecule has 0 saturated carbocycles. The molecule has 80 valence electrons. The summed E-state index contributed by atoms with van der Waals surface area (Å²) in [6.45, 7) is 3.86. The van der Waals surface area contributed by atoms with Crippen molar-refractivity contribution < 1.29 is 14.3 Å². The Labute approximate surface area is 92.4 Å². The van der Waals surface area contributed by atoms with Crippen molar-refractivity contribution in [1.82, 2.24) is 0 Å². The van der Waals surface area contributed by atoms with Crippen LogP contribution in [0.15, 0.2) is 18.2 Å². The van der Waals surface area contributed by atoms with E-state index in [0.29, 0.717) is 0 Å². The van der Waals surface area contributed by atoms with Crippen molar-refractivity contribution in [3.05, 3.63) is 28.0 Å². The molecule has 1 aromatic rings. The van der Waals surface area contributed by atoms with Crippen molar-refractivity contribution >= 4 is 29.2 Å². The maximum Gasteiger partial charge on any atom is 0.379 e. The van der Waals surface area contributed by atoms with Gasteiger partial charge in [-0.2, -0.15) is 0 Å². The van der Waals surface area contributed by atoms with Gasteiger partial charge in [-0.1, -0.05) is 0 Å². The van der Waals surface area contributed by atoms with E-state index in [0.717, 1.165) is 4.88 Å². The van der Waals surface area contributed by atoms with Gasteiger partial charge >= 0.3 is 5.97 Å². The zero-order chi connectivity index (χ0) is 11.3. The van der Waals surface area contributed by atoms with Gasteiger partial charge in [0.2, 0.25) is 0 Å². The lowest BCUT2D eigenvalue weighted by Crippen LogP contribution is -2.14. The quantitative estimate of drug-likeness (QED) is 0.447. The summed E-state index contributed by atoms with van der Waals surface area (Å²) in [5, 5.41) is 0. The van der Waals surface area contributed by atoms with Crippen LogP contribution in [0.4, 0.5) is 0 Å². The number of esters is 1. The van der Waals surface area contributed by atoms with E-state index < -0.39 is 11.8 Å². The van der Waals surface area contributed by atoms with Crippen LogP contribution >= 0.6 is 11.3 Å². The number of rotatable bonds is 4. The Morgan fingerprint density at radius 1 is 1.47 bits per heavy atom. The summed E-state index contributed by atoms with van der Waals surface area (Å²) in [6, 6.07) is 3.86. The van der Waals surface area contributed by atoms with Crippen molar-refractivity contribution in [3.63, 3.8) is 0 Å². The summed E-state index contributed by atoms with van der Waals surface area (Å²) in [5.41, 5.74) is 0. The van der Waals surface area contributed by atoms with Crippen molar-refractivity contribution in [3.8, 4) is 0 Å². The molecule has 1 rings (SSSR count). The van der Waals surface area contributed by atoms with Crippen LogP contribution in [0.2, 0.25) is 0 Å². The van der Waals surface area contributed by atoms with Crippen molar-refractivity contribution in [2.45, 2.75) is 13.8 Å². The average molecular weight is 224 g/mol. The summed E-state index contributed by atoms with van der Waals surface area (Å²) in [5.74, 6) is -1.43. The van der Waals surface area contributed by atoms with E-state index in [2.05, 4.69) is 4.74 Å². The molecule has 0 radical (unpaired) electrons. The Morgan fingerprint density at radius 3 is 2.73 bits per heavy atom. The zero-order valence-corrected chi connectivity index (χ0v) is 9.47. The van der Waals surface area contributed by atoms with Crippen molar-refractivity contribution in [1.29, 1.82) is 0 Å². The molecule has 3 nitrogen and oxygen atoms in total. The average Bonchev–Trinajstić information content (AvgIpc) is 2.61. The third kappa shape index (κ3) is 3.67. The van der Waals surface area contributed by atoms with Gasteiger partial charge in [-0.3, -0.25) is 4.79 Å². The molecular formula is C11H12O3S. The Hall–Kier alpha value is -1.42. The molecule has 0 bridgehead atoms. The molecule has 0 aromatic carbocycles. The first-order valence-electron chi connectivity index (χ1n) is 4.59. The number of ether oxygens (including phenoxy) is 1. The highest BCUT2D eigenvalue weighted by Crippen LogP contribution is 2.16. The summed E-state index contributed by atoms with van der Waals surface area (Å²) < 4.78 is 4.56. The van der Waals surface area contributed by atoms with Gasteiger partial charge in [-0.05, 0) is 38.1 Å². The van der Waals surface area contributed by atoms with E-state index in [1.807, 2.05) is 19.1 Å². The summed E-state index contributed by atoms with van der Waals surface area (Å²) in [4.78, 5) is 24.2. The van der Waals surface area contributed by atoms with Gasteiger partial charge in [0.1, 0.15) is 0 Å². The molecule has 0 aliphatic heterocycles. The molecule has 1 heterocycles. The van der Waals surface area contributed by atoms with Crippen molar-refractivity contribution in [2.75, 3.05) is 6.61 Å². The normalized spacial score (nSPS) is 10.5. The molecule has 0 unspecified atom stereocenters. The first-order chi connectivity index (χ1) is 7.13. The highest BCUT2D eigenvalue weighted by Gasteiger charge is 2.10. The molecular weight excluding hydrogens is 212 g/mol. The number of hydrogen-bond acceptors (Lipinski definition) is 4. The molecule has 0 atom stereocenters. The number of thiophene rings is 1. The summed E-state index contributed by atoms with van der Waals surface area (Å²) in [7, 11) is 0. The fraction of sp³-hybridized carbons (Fsp3) is 0.273. The lowest BCUT2D eigenvalue weighted by atomic mass is 10.3. The SMILES string of the molecule is CCOC(=O)C(=O)/C=C/c1ccc(C)s1. The third-order valence-corrected chi connectivity index (χ3v) is 2.60. The molecule has 1 aromatic heterocycles. The highest BCUT2D eigenvalue weighted by molar-refractivity contribution is 7.12. The van der Waals surface area contributed by atoms with Crippen LogP contribution < -0.4 is 0 Å². The van der Waals surface area contributed by atoms with Crippen LogP contribution in [0.25, 0.3) is 6.08 Å². The molecule has 0 N–H and O–H groups in total. The van der Waals surface area contributed by atoms with Gasteiger partial charge in [0.05, 0.1) is 6.61 Å². The summed E-state index contributed by atoms with van der Waals surface area (Å²) in [6.07, 6.45) is 2.86. The molecule has 0 spiro atoms. The second kappa shape index (κ2) is 5.46. The number of hydrogen-bond donors (Lipinski definition) is 0. The van der Waals surface area contributed by atoms with Crippen LogP contribution in [0.5, 0.6) is 0 Å². The number of ketones is 1. The Balaban J connectivity index is 2.58. The van der Waals surface area contributed by atoms with E-state index in [-0.39, 0.29) is 6.61 Å². The summed E-state index contributed by atoms with van der Waals surface area (Å²) >= 11 is 1.56. The Bertz CT molecular complexity index is 390. The topological polar surface area (TPSA) is 43.4 Å². The van der Waals surface area contributed by atoms with Crippen LogP contribution in [0.3, 0.4) is 0 Å². The number of carbonyl (C=O) groups is 2. The molecule has 0 fully saturated rings. The lowest BCUT2D eigenvalue weighted by molar-refractivity contribution is -0.151. The lowest BCUT2D eigenvalue weighted by Gasteiger charge is -1.95. The van der Waals surface area contributed by atoms with Gasteiger partial charge in [0.25, 0.3) is 5.78 Å². The number of carbonyl (C=O) groups excluding carboxylic acids is 2. The molecule has 0 aliphatic carbocycles. The van der Waals surface area contributed by atoms with E-state index >= 15 is 0 Å². The second-order valence-corrected chi connectivity index (χ2v) is 4.19. The van der Waals surface area contributed by atoms with E-state index in [1.54, 1.807) is 24.3 Å². The van der Waals surface area contributed by atoms with Crippen LogP contribution in [0.1, 0.15) is 16.7 Å². The minimum Gasteiger partial charge on any atom is -0.460 e. The van der Waals surface area contributed by atoms with Gasteiger partial charge < -0.3 is 4.74 Å². The maximum absolute atomic E-state index is 11.2. The van der Waals surface area contributed by atoms with Crippen LogP contribution in [0, 0.1) is 6.92 Å². The molecule has 0 aliphatic rings. The van der Waals surface area contributed by atoms with Gasteiger partial charge in [0, 0.05) is 9.75 Å². The van der Waals surface area contributed by atoms with Gasteiger partial charge in [0.15, 0.2) is 0 Å². The number of aryl methyl sites for hydroxylation is 1. The molecule has 4 heteroatoms. The minimum atomic E-state index is -0.804. The predicted octanol–water partition coefficient (Wildman–Crippen LogP) is 2.20. The molecule has 0 saturated heterocycles. The standard InChI is InChI=1S/C11H12O3S/c1-3-14-11(13)10(12)7-6-9-5-4-8(2)15-9/h4-7H,3H2,1-2H3/b7-6+. The first kappa shape index (κ1) is 11.7. The fourth-order valence-corrected chi connectivity index (χ4v) is 1.75. The monoisotopic (exact) mass is 224 g/mol. The fourth-order valence-electron chi connectivity index (χ4n) is 0.971. The Morgan fingerprint density at radius 2 is 2.20 bits per heavy atom. The van der Waals surface area contributed by atoms with E-state index in [4.69, 9.17) is 0 Å². The van der Waals surface area contributed by atoms with Gasteiger partial charge in [-0.25, -0.2) is 4.79 Å². The smallest absolute Gasteiger partial charge is 0.379 e.